The minimum Gasteiger partial charge on any atom is -0.324 e. The van der Waals surface area contributed by atoms with E-state index in [1.165, 1.54) is 0 Å². The normalized spacial score (nSPS) is 12.4. The number of rotatable bonds is 3. The average Bonchev–Trinajstić information content (AvgIpc) is 2.37. The van der Waals surface area contributed by atoms with E-state index in [0.29, 0.717) is 11.1 Å². The third-order valence-electron chi connectivity index (χ3n) is 3.92. The molecule has 2 aromatic carbocycles. The summed E-state index contributed by atoms with van der Waals surface area (Å²) >= 11 is 0. The van der Waals surface area contributed by atoms with Gasteiger partial charge in [0.25, 0.3) is 0 Å². The highest BCUT2D eigenvalue weighted by molar-refractivity contribution is 7.53. The van der Waals surface area contributed by atoms with Gasteiger partial charge in [-0.15, -0.1) is 0 Å². The Balaban J connectivity index is 2.81. The van der Waals surface area contributed by atoms with Crippen LogP contribution in [0, 0.1) is 13.8 Å². The van der Waals surface area contributed by atoms with Crippen LogP contribution in [0.25, 0.3) is 0 Å². The van der Waals surface area contributed by atoms with Crippen LogP contribution < -0.4 is 0 Å². The van der Waals surface area contributed by atoms with Crippen molar-refractivity contribution in [2.45, 2.75) is 25.9 Å². The Bertz CT molecular complexity index is 627. The van der Waals surface area contributed by atoms with E-state index < -0.39 is 12.8 Å². The molecule has 0 aliphatic rings. The molecule has 0 amide bonds. The van der Waals surface area contributed by atoms with Gasteiger partial charge >= 0.3 is 7.60 Å². The van der Waals surface area contributed by atoms with E-state index >= 15 is 0 Å². The maximum atomic E-state index is 12.3. The summed E-state index contributed by atoms with van der Waals surface area (Å²) in [5.41, 5.74) is 3.09. The van der Waals surface area contributed by atoms with Gasteiger partial charge in [0, 0.05) is 0 Å². The van der Waals surface area contributed by atoms with E-state index in [1.54, 1.807) is 19.1 Å². The van der Waals surface area contributed by atoms with E-state index in [1.807, 2.05) is 50.2 Å². The Morgan fingerprint density at radius 2 is 1.20 bits per heavy atom. The lowest BCUT2D eigenvalue weighted by Crippen LogP contribution is -2.26. The monoisotopic (exact) mass is 290 g/mol. The summed E-state index contributed by atoms with van der Waals surface area (Å²) in [4.78, 5) is 20.0. The fourth-order valence-electron chi connectivity index (χ4n) is 2.70. The minimum atomic E-state index is -4.39. The van der Waals surface area contributed by atoms with Crippen LogP contribution in [0.1, 0.15) is 29.2 Å². The summed E-state index contributed by atoms with van der Waals surface area (Å²) in [6, 6.07) is 14.7. The molecule has 0 saturated carbocycles. The molecule has 2 rings (SSSR count). The van der Waals surface area contributed by atoms with Crippen molar-refractivity contribution in [2.24, 2.45) is 0 Å². The second kappa shape index (κ2) is 5.17. The van der Waals surface area contributed by atoms with E-state index in [0.717, 1.165) is 11.1 Å². The molecule has 0 bridgehead atoms. The third kappa shape index (κ3) is 2.33. The Kier molecular flexibility index (Phi) is 3.88. The minimum absolute atomic E-state index is 0.669. The zero-order chi connectivity index (χ0) is 15.0. The van der Waals surface area contributed by atoms with Gasteiger partial charge in [0.1, 0.15) is 5.16 Å². The van der Waals surface area contributed by atoms with Crippen LogP contribution in [0.5, 0.6) is 0 Å². The molecular formula is C16H19O3P. The van der Waals surface area contributed by atoms with Crippen molar-refractivity contribution in [2.75, 3.05) is 0 Å². The predicted octanol–water partition coefficient (Wildman–Crippen LogP) is 3.74. The lowest BCUT2D eigenvalue weighted by Gasteiger charge is -2.34. The molecule has 106 valence electrons. The fourth-order valence-corrected chi connectivity index (χ4v) is 3.83. The molecule has 0 aromatic heterocycles. The average molecular weight is 290 g/mol. The van der Waals surface area contributed by atoms with Gasteiger partial charge in [0.05, 0.1) is 0 Å². The molecule has 20 heavy (non-hydrogen) atoms. The second-order valence-corrected chi connectivity index (χ2v) is 7.23. The van der Waals surface area contributed by atoms with Crippen LogP contribution in [-0.4, -0.2) is 9.79 Å². The van der Waals surface area contributed by atoms with Crippen LogP contribution in [0.15, 0.2) is 48.5 Å². The van der Waals surface area contributed by atoms with Crippen molar-refractivity contribution < 1.29 is 14.4 Å². The van der Waals surface area contributed by atoms with Gasteiger partial charge in [-0.25, -0.2) is 0 Å². The number of benzene rings is 2. The molecule has 3 nitrogen and oxygen atoms in total. The largest absolute Gasteiger partial charge is 0.340 e. The molecule has 0 unspecified atom stereocenters. The fraction of sp³-hybridized carbons (Fsp3) is 0.250. The van der Waals surface area contributed by atoms with Crippen molar-refractivity contribution in [3.8, 4) is 0 Å². The number of aryl methyl sites for hydroxylation is 2. The third-order valence-corrected chi connectivity index (χ3v) is 5.57. The lowest BCUT2D eigenvalue weighted by molar-refractivity contribution is 0.343. The van der Waals surface area contributed by atoms with E-state index in [4.69, 9.17) is 0 Å². The molecule has 0 saturated heterocycles. The van der Waals surface area contributed by atoms with Gasteiger partial charge < -0.3 is 9.79 Å². The van der Waals surface area contributed by atoms with Crippen LogP contribution in [0.4, 0.5) is 0 Å². The second-order valence-electron chi connectivity index (χ2n) is 5.25. The SMILES string of the molecule is Cc1ccccc1C(C)(c1ccccc1C)P(=O)(O)O. The van der Waals surface area contributed by atoms with Crippen molar-refractivity contribution in [3.63, 3.8) is 0 Å². The lowest BCUT2D eigenvalue weighted by atomic mass is 9.86. The van der Waals surface area contributed by atoms with E-state index in [-0.39, 0.29) is 0 Å². The first kappa shape index (κ1) is 15.0. The van der Waals surface area contributed by atoms with Gasteiger partial charge in [-0.2, -0.15) is 0 Å². The van der Waals surface area contributed by atoms with Crippen LogP contribution in [-0.2, 0) is 9.72 Å². The smallest absolute Gasteiger partial charge is 0.324 e. The topological polar surface area (TPSA) is 57.5 Å². The highest BCUT2D eigenvalue weighted by Gasteiger charge is 2.46. The van der Waals surface area contributed by atoms with E-state index in [2.05, 4.69) is 0 Å². The van der Waals surface area contributed by atoms with Crippen molar-refractivity contribution in [3.05, 3.63) is 70.8 Å². The van der Waals surface area contributed by atoms with Gasteiger partial charge in [-0.3, -0.25) is 4.57 Å². The summed E-state index contributed by atoms with van der Waals surface area (Å²) in [5.74, 6) is 0. The van der Waals surface area contributed by atoms with Crippen molar-refractivity contribution >= 4 is 7.60 Å². The van der Waals surface area contributed by atoms with E-state index in [9.17, 15) is 14.4 Å². The highest BCUT2D eigenvalue weighted by atomic mass is 31.2. The highest BCUT2D eigenvalue weighted by Crippen LogP contribution is 2.61. The maximum Gasteiger partial charge on any atom is 0.340 e. The molecule has 0 aliphatic carbocycles. The van der Waals surface area contributed by atoms with Gasteiger partial charge in [0.2, 0.25) is 0 Å². The molecule has 0 atom stereocenters. The molecule has 0 fully saturated rings. The number of hydrogen-bond acceptors (Lipinski definition) is 1. The summed E-state index contributed by atoms with van der Waals surface area (Å²) < 4.78 is 12.3. The Morgan fingerprint density at radius 3 is 1.50 bits per heavy atom. The first-order valence-corrected chi connectivity index (χ1v) is 8.07. The molecule has 4 heteroatoms. The van der Waals surface area contributed by atoms with Crippen LogP contribution in [0.2, 0.25) is 0 Å². The first-order valence-electron chi connectivity index (χ1n) is 6.46. The summed E-state index contributed by atoms with van der Waals surface area (Å²) in [6.45, 7) is 5.38. The van der Waals surface area contributed by atoms with Crippen molar-refractivity contribution in [1.29, 1.82) is 0 Å². The summed E-state index contributed by atoms with van der Waals surface area (Å²) in [7, 11) is -4.39. The number of hydrogen-bond donors (Lipinski definition) is 2. The molecular weight excluding hydrogens is 271 g/mol. The van der Waals surface area contributed by atoms with Crippen LogP contribution in [0.3, 0.4) is 0 Å². The zero-order valence-corrected chi connectivity index (χ0v) is 12.8. The van der Waals surface area contributed by atoms with Crippen LogP contribution >= 0.6 is 7.60 Å². The molecule has 0 aliphatic heterocycles. The zero-order valence-electron chi connectivity index (χ0n) is 11.9. The van der Waals surface area contributed by atoms with Gasteiger partial charge in [-0.1, -0.05) is 48.5 Å². The van der Waals surface area contributed by atoms with Gasteiger partial charge in [0.15, 0.2) is 0 Å². The Hall–Kier alpha value is -1.41. The molecule has 2 aromatic rings. The molecule has 0 heterocycles. The summed E-state index contributed by atoms with van der Waals surface area (Å²) in [6.07, 6.45) is 0. The van der Waals surface area contributed by atoms with Gasteiger partial charge in [-0.05, 0) is 43.0 Å². The molecule has 0 spiro atoms. The Labute approximate surface area is 119 Å². The first-order chi connectivity index (χ1) is 9.28. The maximum absolute atomic E-state index is 12.3. The molecule has 2 N–H and O–H groups in total. The quantitative estimate of drug-likeness (QED) is 0.846. The van der Waals surface area contributed by atoms with Crippen molar-refractivity contribution in [1.82, 2.24) is 0 Å². The Morgan fingerprint density at radius 1 is 0.850 bits per heavy atom. The molecule has 0 radical (unpaired) electrons. The summed E-state index contributed by atoms with van der Waals surface area (Å²) in [5, 5.41) is -1.33. The standard InChI is InChI=1S/C16H19O3P/c1-12-8-4-6-10-14(12)16(3,20(17,18)19)15-11-7-5-9-13(15)2/h4-11H,1-3H3,(H2,17,18,19). The predicted molar refractivity (Wildman–Crippen MR) is 80.9 cm³/mol.